The molecule has 2 aliphatic rings. The highest BCUT2D eigenvalue weighted by atomic mass is 32.1. The van der Waals surface area contributed by atoms with Crippen LogP contribution in [0.5, 0.6) is 0 Å². The summed E-state index contributed by atoms with van der Waals surface area (Å²) in [7, 11) is 1.60. The Bertz CT molecular complexity index is 902. The van der Waals surface area contributed by atoms with E-state index >= 15 is 0 Å². The van der Waals surface area contributed by atoms with Crippen molar-refractivity contribution in [3.05, 3.63) is 58.3 Å². The first kappa shape index (κ1) is 20.6. The Morgan fingerprint density at radius 1 is 1.13 bits per heavy atom. The Hall–Kier alpha value is -2.71. The van der Waals surface area contributed by atoms with Gasteiger partial charge in [0.05, 0.1) is 18.7 Å². The minimum Gasteiger partial charge on any atom is -0.383 e. The molecule has 4 rings (SSSR count). The number of methoxy groups -OCH3 is 1. The van der Waals surface area contributed by atoms with Crippen molar-refractivity contribution in [1.82, 2.24) is 14.7 Å². The van der Waals surface area contributed by atoms with Crippen LogP contribution in [0.1, 0.15) is 15.9 Å². The fourth-order valence-corrected chi connectivity index (χ4v) is 4.78. The number of ether oxygens (including phenoxy) is 1. The second-order valence-corrected chi connectivity index (χ2v) is 8.32. The number of thiophene rings is 1. The number of carbonyl (C=O) groups excluding carboxylic acids is 3. The molecule has 0 radical (unpaired) electrons. The molecule has 2 aliphatic heterocycles. The van der Waals surface area contributed by atoms with Gasteiger partial charge in [0.25, 0.3) is 5.91 Å². The molecule has 1 aromatic carbocycles. The van der Waals surface area contributed by atoms with E-state index in [-0.39, 0.29) is 24.3 Å². The van der Waals surface area contributed by atoms with Crippen molar-refractivity contribution in [2.45, 2.75) is 18.5 Å². The normalized spacial score (nSPS) is 21.7. The number of fused-ring (bicyclic) bond motifs is 1. The van der Waals surface area contributed by atoms with Crippen LogP contribution in [0.15, 0.2) is 47.2 Å². The Morgan fingerprint density at radius 2 is 1.93 bits per heavy atom. The summed E-state index contributed by atoms with van der Waals surface area (Å²) in [6.07, 6.45) is 0.431. The van der Waals surface area contributed by atoms with E-state index in [9.17, 15) is 14.4 Å². The summed E-state index contributed by atoms with van der Waals surface area (Å²) in [5.41, 5.74) is 1.54. The van der Waals surface area contributed by atoms with Crippen molar-refractivity contribution >= 4 is 29.1 Å². The van der Waals surface area contributed by atoms with Gasteiger partial charge in [-0.1, -0.05) is 30.3 Å². The van der Waals surface area contributed by atoms with Gasteiger partial charge in [0.1, 0.15) is 12.1 Å². The lowest BCUT2D eigenvalue weighted by molar-refractivity contribution is -0.160. The molecule has 3 heterocycles. The van der Waals surface area contributed by atoms with E-state index in [2.05, 4.69) is 0 Å². The first-order chi connectivity index (χ1) is 14.6. The number of nitrogens with zero attached hydrogens (tertiary/aromatic N) is 3. The van der Waals surface area contributed by atoms with E-state index in [4.69, 9.17) is 4.74 Å². The lowest BCUT2D eigenvalue weighted by Crippen LogP contribution is -2.70. The zero-order valence-electron chi connectivity index (χ0n) is 16.9. The molecule has 0 unspecified atom stereocenters. The van der Waals surface area contributed by atoms with Crippen molar-refractivity contribution in [2.75, 3.05) is 39.9 Å². The van der Waals surface area contributed by atoms with Crippen molar-refractivity contribution in [3.63, 3.8) is 0 Å². The smallest absolute Gasteiger partial charge is 0.255 e. The summed E-state index contributed by atoms with van der Waals surface area (Å²) in [5, 5.41) is 3.63. The lowest BCUT2D eigenvalue weighted by Gasteiger charge is -2.49. The first-order valence-corrected chi connectivity index (χ1v) is 11.0. The SMILES string of the molecule is COCCN1CCN2C(=O)[C@H](Cc3ccccc3)N(C(=O)c3ccsc3)C[C@H]2C1=O. The van der Waals surface area contributed by atoms with Gasteiger partial charge >= 0.3 is 0 Å². The molecular formula is C22H25N3O4S. The molecule has 0 saturated carbocycles. The number of benzene rings is 1. The van der Waals surface area contributed by atoms with Gasteiger partial charge in [-0.2, -0.15) is 11.3 Å². The summed E-state index contributed by atoms with van der Waals surface area (Å²) in [4.78, 5) is 44.8. The highest BCUT2D eigenvalue weighted by Crippen LogP contribution is 2.26. The third kappa shape index (κ3) is 3.97. The minimum atomic E-state index is -0.641. The predicted octanol–water partition coefficient (Wildman–Crippen LogP) is 1.50. The average molecular weight is 428 g/mol. The molecule has 8 heteroatoms. The molecule has 0 N–H and O–H groups in total. The maximum atomic E-state index is 13.5. The molecule has 0 spiro atoms. The van der Waals surface area contributed by atoms with Crippen LogP contribution in [-0.4, -0.2) is 84.4 Å². The number of amides is 3. The lowest BCUT2D eigenvalue weighted by atomic mass is 9.96. The van der Waals surface area contributed by atoms with E-state index in [0.717, 1.165) is 5.56 Å². The van der Waals surface area contributed by atoms with E-state index < -0.39 is 12.1 Å². The van der Waals surface area contributed by atoms with Gasteiger partial charge in [0.15, 0.2) is 0 Å². The summed E-state index contributed by atoms with van der Waals surface area (Å²) < 4.78 is 5.10. The second kappa shape index (κ2) is 8.97. The van der Waals surface area contributed by atoms with Gasteiger partial charge in [-0.25, -0.2) is 0 Å². The average Bonchev–Trinajstić information content (AvgIpc) is 3.30. The molecule has 1 aromatic heterocycles. The Kier molecular flexibility index (Phi) is 6.15. The molecule has 30 heavy (non-hydrogen) atoms. The van der Waals surface area contributed by atoms with Crippen LogP contribution in [0.2, 0.25) is 0 Å². The van der Waals surface area contributed by atoms with Crippen molar-refractivity contribution in [1.29, 1.82) is 0 Å². The fraction of sp³-hybridized carbons (Fsp3) is 0.409. The van der Waals surface area contributed by atoms with Gasteiger partial charge in [0.2, 0.25) is 11.8 Å². The maximum absolute atomic E-state index is 13.5. The molecule has 0 bridgehead atoms. The molecule has 2 fully saturated rings. The molecule has 2 atom stereocenters. The molecule has 7 nitrogen and oxygen atoms in total. The summed E-state index contributed by atoms with van der Waals surface area (Å²) >= 11 is 1.44. The standard InChI is InChI=1S/C22H25N3O4S/c1-29-11-10-23-8-9-24-19(21(23)27)14-25(20(26)17-7-12-30-15-17)18(22(24)28)13-16-5-3-2-4-6-16/h2-7,12,15,18-19H,8-11,13-14H2,1H3/t18-,19-/m0/s1. The van der Waals surface area contributed by atoms with Crippen LogP contribution >= 0.6 is 11.3 Å². The molecule has 2 saturated heterocycles. The minimum absolute atomic E-state index is 0.118. The predicted molar refractivity (Wildman–Crippen MR) is 113 cm³/mol. The van der Waals surface area contributed by atoms with E-state index in [0.29, 0.717) is 38.2 Å². The van der Waals surface area contributed by atoms with Crippen LogP contribution in [-0.2, 0) is 20.7 Å². The third-order valence-electron chi connectivity index (χ3n) is 5.76. The third-order valence-corrected chi connectivity index (χ3v) is 6.45. The zero-order valence-corrected chi connectivity index (χ0v) is 17.7. The number of rotatable bonds is 6. The molecule has 2 aromatic rings. The molecule has 158 valence electrons. The Labute approximate surface area is 179 Å². The van der Waals surface area contributed by atoms with Gasteiger partial charge in [0, 0.05) is 38.5 Å². The van der Waals surface area contributed by atoms with Crippen LogP contribution in [0, 0.1) is 0 Å². The maximum Gasteiger partial charge on any atom is 0.255 e. The van der Waals surface area contributed by atoms with Gasteiger partial charge in [-0.05, 0) is 17.0 Å². The quantitative estimate of drug-likeness (QED) is 0.701. The fourth-order valence-electron chi connectivity index (χ4n) is 4.15. The van der Waals surface area contributed by atoms with Crippen molar-refractivity contribution in [2.24, 2.45) is 0 Å². The first-order valence-electron chi connectivity index (χ1n) is 10.1. The molecule has 3 amide bonds. The summed E-state index contributed by atoms with van der Waals surface area (Å²) in [6, 6.07) is 10.2. The number of hydrogen-bond donors (Lipinski definition) is 0. The van der Waals surface area contributed by atoms with Crippen LogP contribution < -0.4 is 0 Å². The van der Waals surface area contributed by atoms with E-state index in [1.54, 1.807) is 33.3 Å². The van der Waals surface area contributed by atoms with Gasteiger partial charge in [-0.3, -0.25) is 14.4 Å². The highest BCUT2D eigenvalue weighted by molar-refractivity contribution is 7.08. The Balaban J connectivity index is 1.62. The molecule has 0 aliphatic carbocycles. The van der Waals surface area contributed by atoms with Gasteiger partial charge in [-0.15, -0.1) is 0 Å². The summed E-state index contributed by atoms with van der Waals surface area (Å²) in [5.74, 6) is -0.474. The largest absolute Gasteiger partial charge is 0.383 e. The highest BCUT2D eigenvalue weighted by Gasteiger charge is 2.48. The Morgan fingerprint density at radius 3 is 2.63 bits per heavy atom. The van der Waals surface area contributed by atoms with Crippen molar-refractivity contribution in [3.8, 4) is 0 Å². The van der Waals surface area contributed by atoms with Crippen LogP contribution in [0.3, 0.4) is 0 Å². The van der Waals surface area contributed by atoms with Gasteiger partial charge < -0.3 is 19.4 Å². The van der Waals surface area contributed by atoms with E-state index in [1.165, 1.54) is 11.3 Å². The number of hydrogen-bond acceptors (Lipinski definition) is 5. The number of carbonyl (C=O) groups is 3. The molecular weight excluding hydrogens is 402 g/mol. The monoisotopic (exact) mass is 427 g/mol. The number of piperazine rings is 2. The van der Waals surface area contributed by atoms with Crippen LogP contribution in [0.25, 0.3) is 0 Å². The van der Waals surface area contributed by atoms with E-state index in [1.807, 2.05) is 35.7 Å². The second-order valence-electron chi connectivity index (χ2n) is 7.54. The summed E-state index contributed by atoms with van der Waals surface area (Å²) in [6.45, 7) is 2.10. The zero-order chi connectivity index (χ0) is 21.1. The van der Waals surface area contributed by atoms with Crippen LogP contribution in [0.4, 0.5) is 0 Å². The van der Waals surface area contributed by atoms with Crippen molar-refractivity contribution < 1.29 is 19.1 Å². The topological polar surface area (TPSA) is 70.2 Å².